The number of carbonyl (C=O) groups is 1. The summed E-state index contributed by atoms with van der Waals surface area (Å²) < 4.78 is 0. The van der Waals surface area contributed by atoms with Crippen LogP contribution in [-0.4, -0.2) is 12.3 Å². The van der Waals surface area contributed by atoms with Gasteiger partial charge in [-0.25, -0.2) is 0 Å². The highest BCUT2D eigenvalue weighted by molar-refractivity contribution is 5.88. The van der Waals surface area contributed by atoms with Gasteiger partial charge in [0.15, 0.2) is 0 Å². The molecule has 2 heteroatoms. The van der Waals surface area contributed by atoms with Crippen LogP contribution in [0.4, 0.5) is 0 Å². The highest BCUT2D eigenvalue weighted by Gasteiger charge is 2.39. The van der Waals surface area contributed by atoms with Crippen molar-refractivity contribution in [3.8, 4) is 0 Å². The summed E-state index contributed by atoms with van der Waals surface area (Å²) >= 11 is 0. The molecule has 0 spiro atoms. The Morgan fingerprint density at radius 1 is 1.58 bits per heavy atom. The molecule has 2 aliphatic rings. The zero-order chi connectivity index (χ0) is 8.60. The summed E-state index contributed by atoms with van der Waals surface area (Å²) in [6.07, 6.45) is 6.02. The number of nitrogens with one attached hydrogen (secondary N) is 1. The lowest BCUT2D eigenvalue weighted by atomic mass is 9.71. The van der Waals surface area contributed by atoms with Crippen molar-refractivity contribution >= 4 is 5.78 Å². The minimum Gasteiger partial charge on any atom is -0.388 e. The second kappa shape index (κ2) is 2.61. The number of fused-ring (bicyclic) bond motifs is 1. The lowest BCUT2D eigenvalue weighted by Gasteiger charge is -2.38. The second-order valence-electron chi connectivity index (χ2n) is 3.94. The van der Waals surface area contributed by atoms with Gasteiger partial charge in [-0.1, -0.05) is 6.08 Å². The van der Waals surface area contributed by atoms with E-state index in [-0.39, 0.29) is 5.41 Å². The fourth-order valence-corrected chi connectivity index (χ4v) is 2.21. The fourth-order valence-electron chi connectivity index (χ4n) is 2.21. The third-order valence-corrected chi connectivity index (χ3v) is 3.10. The van der Waals surface area contributed by atoms with E-state index in [0.29, 0.717) is 5.78 Å². The summed E-state index contributed by atoms with van der Waals surface area (Å²) in [5.74, 6) is 0.423. The number of Topliss-reactive ketones (excluding diaryl/α,β-unsaturated/α-hetero) is 1. The van der Waals surface area contributed by atoms with Gasteiger partial charge in [0.2, 0.25) is 0 Å². The number of rotatable bonds is 0. The van der Waals surface area contributed by atoms with Crippen molar-refractivity contribution in [2.75, 3.05) is 6.54 Å². The van der Waals surface area contributed by atoms with Crippen molar-refractivity contribution in [3.63, 3.8) is 0 Å². The Morgan fingerprint density at radius 3 is 3.17 bits per heavy atom. The average molecular weight is 165 g/mol. The first-order valence-electron chi connectivity index (χ1n) is 4.71. The summed E-state index contributed by atoms with van der Waals surface area (Å²) in [7, 11) is 0. The van der Waals surface area contributed by atoms with Crippen LogP contribution in [0.3, 0.4) is 0 Å². The molecule has 0 aromatic carbocycles. The maximum atomic E-state index is 11.7. The second-order valence-corrected chi connectivity index (χ2v) is 3.94. The van der Waals surface area contributed by atoms with Crippen molar-refractivity contribution in [1.29, 1.82) is 0 Å². The van der Waals surface area contributed by atoms with Crippen molar-refractivity contribution < 1.29 is 4.79 Å². The van der Waals surface area contributed by atoms with Crippen molar-refractivity contribution in [2.45, 2.75) is 32.6 Å². The molecule has 1 saturated heterocycles. The Bertz CT molecular complexity index is 244. The summed E-state index contributed by atoms with van der Waals surface area (Å²) in [6.45, 7) is 3.11. The van der Waals surface area contributed by atoms with Crippen molar-refractivity contribution in [2.24, 2.45) is 5.41 Å². The summed E-state index contributed by atoms with van der Waals surface area (Å²) in [5.41, 5.74) is 1.03. The highest BCUT2D eigenvalue weighted by atomic mass is 16.1. The summed E-state index contributed by atoms with van der Waals surface area (Å²) in [4.78, 5) is 11.7. The van der Waals surface area contributed by atoms with Gasteiger partial charge in [-0.05, 0) is 26.2 Å². The van der Waals surface area contributed by atoms with E-state index >= 15 is 0 Å². The molecule has 2 rings (SSSR count). The normalized spacial score (nSPS) is 35.1. The number of allylic oxidation sites excluding steroid dienone is 2. The molecule has 1 unspecified atom stereocenters. The van der Waals surface area contributed by atoms with E-state index in [1.54, 1.807) is 0 Å². The molecule has 1 atom stereocenters. The quantitative estimate of drug-likeness (QED) is 0.591. The Labute approximate surface area is 73.0 Å². The molecule has 66 valence electrons. The molecule has 1 fully saturated rings. The van der Waals surface area contributed by atoms with Gasteiger partial charge in [0, 0.05) is 18.7 Å². The van der Waals surface area contributed by atoms with Crippen LogP contribution in [0.15, 0.2) is 11.8 Å². The van der Waals surface area contributed by atoms with Gasteiger partial charge in [-0.3, -0.25) is 4.79 Å². The van der Waals surface area contributed by atoms with Gasteiger partial charge in [-0.15, -0.1) is 0 Å². The fraction of sp³-hybridized carbons (Fsp3) is 0.700. The molecule has 2 nitrogen and oxygen atoms in total. The molecule has 12 heavy (non-hydrogen) atoms. The van der Waals surface area contributed by atoms with Gasteiger partial charge >= 0.3 is 0 Å². The maximum absolute atomic E-state index is 11.7. The van der Waals surface area contributed by atoms with E-state index in [1.165, 1.54) is 5.70 Å². The minimum absolute atomic E-state index is 0.156. The van der Waals surface area contributed by atoms with Crippen LogP contribution in [0.1, 0.15) is 32.6 Å². The first kappa shape index (κ1) is 7.84. The molecule has 1 N–H and O–H groups in total. The van der Waals surface area contributed by atoms with Gasteiger partial charge in [0.05, 0.1) is 5.41 Å². The third-order valence-electron chi connectivity index (χ3n) is 3.10. The maximum Gasteiger partial charge on any atom is 0.144 e. The monoisotopic (exact) mass is 165 g/mol. The number of hydrogen-bond acceptors (Lipinski definition) is 2. The first-order valence-corrected chi connectivity index (χ1v) is 4.71. The van der Waals surface area contributed by atoms with Gasteiger partial charge < -0.3 is 5.32 Å². The Morgan fingerprint density at radius 2 is 2.42 bits per heavy atom. The molecule has 0 amide bonds. The zero-order valence-corrected chi connectivity index (χ0v) is 7.52. The molecule has 0 bridgehead atoms. The minimum atomic E-state index is -0.156. The van der Waals surface area contributed by atoms with Crippen LogP contribution in [0.5, 0.6) is 0 Å². The molecule has 0 saturated carbocycles. The van der Waals surface area contributed by atoms with Crippen molar-refractivity contribution in [1.82, 2.24) is 5.32 Å². The Hall–Kier alpha value is -0.790. The summed E-state index contributed by atoms with van der Waals surface area (Å²) in [6, 6.07) is 0. The number of carbonyl (C=O) groups excluding carboxylic acids is 1. The lowest BCUT2D eigenvalue weighted by Crippen LogP contribution is -2.42. The Kier molecular flexibility index (Phi) is 1.71. The van der Waals surface area contributed by atoms with Gasteiger partial charge in [0.25, 0.3) is 0 Å². The molecule has 0 aromatic rings. The summed E-state index contributed by atoms with van der Waals surface area (Å²) in [5, 5.41) is 3.33. The largest absolute Gasteiger partial charge is 0.388 e. The molecular formula is C10H15NO. The molecule has 0 aromatic heterocycles. The van der Waals surface area contributed by atoms with Crippen LogP contribution in [-0.2, 0) is 4.79 Å². The predicted octanol–water partition coefficient (Wildman–Crippen LogP) is 1.62. The van der Waals surface area contributed by atoms with Crippen LogP contribution < -0.4 is 5.32 Å². The van der Waals surface area contributed by atoms with Crippen LogP contribution >= 0.6 is 0 Å². The van der Waals surface area contributed by atoms with E-state index in [9.17, 15) is 4.79 Å². The molecular weight excluding hydrogens is 150 g/mol. The topological polar surface area (TPSA) is 29.1 Å². The van der Waals surface area contributed by atoms with E-state index in [4.69, 9.17) is 0 Å². The van der Waals surface area contributed by atoms with Crippen LogP contribution in [0.25, 0.3) is 0 Å². The lowest BCUT2D eigenvalue weighted by molar-refractivity contribution is -0.127. The average Bonchev–Trinajstić information content (AvgIpc) is 2.07. The molecule has 0 radical (unpaired) electrons. The van der Waals surface area contributed by atoms with E-state index < -0.39 is 0 Å². The Balaban J connectivity index is 2.33. The molecule has 1 aliphatic carbocycles. The van der Waals surface area contributed by atoms with Crippen molar-refractivity contribution in [3.05, 3.63) is 11.8 Å². The standard InChI is InChI=1S/C10H15NO/c1-10-6-3-7-11-8(10)4-2-5-9(10)12/h4,11H,2-3,5-7H2,1H3. The van der Waals surface area contributed by atoms with Crippen LogP contribution in [0.2, 0.25) is 0 Å². The first-order chi connectivity index (χ1) is 5.73. The van der Waals surface area contributed by atoms with E-state index in [0.717, 1.165) is 32.2 Å². The van der Waals surface area contributed by atoms with Gasteiger partial charge in [0.1, 0.15) is 5.78 Å². The smallest absolute Gasteiger partial charge is 0.144 e. The van der Waals surface area contributed by atoms with E-state index in [2.05, 4.69) is 18.3 Å². The number of ketones is 1. The van der Waals surface area contributed by atoms with Gasteiger partial charge in [-0.2, -0.15) is 0 Å². The number of hydrogen-bond donors (Lipinski definition) is 1. The number of piperidine rings is 1. The SMILES string of the molecule is CC12CCCNC1=CCCC2=O. The highest BCUT2D eigenvalue weighted by Crippen LogP contribution is 2.39. The zero-order valence-electron chi connectivity index (χ0n) is 7.52. The molecule has 1 aliphatic heterocycles. The molecule has 1 heterocycles. The predicted molar refractivity (Wildman–Crippen MR) is 47.7 cm³/mol. The van der Waals surface area contributed by atoms with Crippen LogP contribution in [0, 0.1) is 5.41 Å². The van der Waals surface area contributed by atoms with E-state index in [1.807, 2.05) is 0 Å². The third kappa shape index (κ3) is 0.977.